The Morgan fingerprint density at radius 1 is 0.769 bits per heavy atom. The lowest BCUT2D eigenvalue weighted by Crippen LogP contribution is -2.38. The first-order chi connectivity index (χ1) is 12.7. The van der Waals surface area contributed by atoms with E-state index in [1.54, 1.807) is 48.8 Å². The van der Waals surface area contributed by atoms with Crippen LogP contribution in [-0.2, 0) is 0 Å². The molecule has 0 spiro atoms. The van der Waals surface area contributed by atoms with Crippen molar-refractivity contribution in [1.82, 2.24) is 20.6 Å². The van der Waals surface area contributed by atoms with Crippen molar-refractivity contribution in [3.05, 3.63) is 96.1 Å². The van der Waals surface area contributed by atoms with Gasteiger partial charge in [-0.1, -0.05) is 42.5 Å². The third-order valence-corrected chi connectivity index (χ3v) is 3.77. The van der Waals surface area contributed by atoms with Gasteiger partial charge < -0.3 is 10.6 Å². The van der Waals surface area contributed by atoms with Crippen molar-refractivity contribution in [2.24, 2.45) is 0 Å². The number of nitrogens with one attached hydrogen (secondary N) is 2. The highest BCUT2D eigenvalue weighted by atomic mass is 16.2. The SMILES string of the molecule is O=C(NCC(NC(=O)c1ccccn1)c1ccccc1)c1ccccn1. The lowest BCUT2D eigenvalue weighted by molar-refractivity contribution is 0.0903. The maximum absolute atomic E-state index is 12.4. The lowest BCUT2D eigenvalue weighted by atomic mass is 10.1. The maximum atomic E-state index is 12.4. The van der Waals surface area contributed by atoms with Gasteiger partial charge in [-0.3, -0.25) is 19.6 Å². The molecule has 0 aliphatic heterocycles. The molecule has 2 amide bonds. The molecule has 1 unspecified atom stereocenters. The summed E-state index contributed by atoms with van der Waals surface area (Å²) in [6.45, 7) is 0.234. The molecule has 0 saturated heterocycles. The minimum atomic E-state index is -0.390. The van der Waals surface area contributed by atoms with Crippen LogP contribution in [0.5, 0.6) is 0 Å². The fraction of sp³-hybridized carbons (Fsp3) is 0.100. The molecule has 0 aliphatic carbocycles. The van der Waals surface area contributed by atoms with E-state index in [1.165, 1.54) is 0 Å². The number of hydrogen-bond acceptors (Lipinski definition) is 4. The van der Waals surface area contributed by atoms with Gasteiger partial charge in [0.2, 0.25) is 0 Å². The average molecular weight is 346 g/mol. The van der Waals surface area contributed by atoms with Crippen molar-refractivity contribution >= 4 is 11.8 Å². The lowest BCUT2D eigenvalue weighted by Gasteiger charge is -2.19. The summed E-state index contributed by atoms with van der Waals surface area (Å²) in [6.07, 6.45) is 3.13. The van der Waals surface area contributed by atoms with E-state index >= 15 is 0 Å². The van der Waals surface area contributed by atoms with Gasteiger partial charge in [0.25, 0.3) is 11.8 Å². The predicted octanol–water partition coefficient (Wildman–Crippen LogP) is 2.38. The molecule has 0 radical (unpaired) electrons. The monoisotopic (exact) mass is 346 g/mol. The highest BCUT2D eigenvalue weighted by molar-refractivity contribution is 5.93. The third kappa shape index (κ3) is 4.51. The van der Waals surface area contributed by atoms with E-state index < -0.39 is 6.04 Å². The van der Waals surface area contributed by atoms with E-state index in [9.17, 15) is 9.59 Å². The van der Waals surface area contributed by atoms with Crippen LogP contribution >= 0.6 is 0 Å². The Bertz CT molecular complexity index is 855. The number of amides is 2. The molecule has 0 fully saturated rings. The smallest absolute Gasteiger partial charge is 0.270 e. The molecule has 0 bridgehead atoms. The van der Waals surface area contributed by atoms with Gasteiger partial charge in [0.05, 0.1) is 6.04 Å². The minimum Gasteiger partial charge on any atom is -0.348 e. The number of pyridine rings is 2. The van der Waals surface area contributed by atoms with Crippen LogP contribution in [0.3, 0.4) is 0 Å². The average Bonchev–Trinajstić information content (AvgIpc) is 2.72. The number of carbonyl (C=O) groups is 2. The first-order valence-corrected chi connectivity index (χ1v) is 8.20. The second-order valence-corrected chi connectivity index (χ2v) is 5.58. The van der Waals surface area contributed by atoms with Crippen LogP contribution in [0.4, 0.5) is 0 Å². The molecule has 1 aromatic carbocycles. The summed E-state index contributed by atoms with van der Waals surface area (Å²) in [5.74, 6) is -0.592. The van der Waals surface area contributed by atoms with Crippen LogP contribution in [-0.4, -0.2) is 28.3 Å². The van der Waals surface area contributed by atoms with Crippen molar-refractivity contribution in [3.8, 4) is 0 Å². The Kier molecular flexibility index (Phi) is 5.67. The fourth-order valence-electron chi connectivity index (χ4n) is 2.45. The van der Waals surface area contributed by atoms with Crippen molar-refractivity contribution in [2.75, 3.05) is 6.54 Å². The summed E-state index contributed by atoms with van der Waals surface area (Å²) in [5, 5.41) is 5.74. The molecule has 3 rings (SSSR count). The number of carbonyl (C=O) groups excluding carboxylic acids is 2. The summed E-state index contributed by atoms with van der Waals surface area (Å²) >= 11 is 0. The molecule has 2 aromatic heterocycles. The molecule has 26 heavy (non-hydrogen) atoms. The number of benzene rings is 1. The normalized spacial score (nSPS) is 11.4. The molecular weight excluding hydrogens is 328 g/mol. The first-order valence-electron chi connectivity index (χ1n) is 8.20. The van der Waals surface area contributed by atoms with Gasteiger partial charge in [-0.25, -0.2) is 0 Å². The molecule has 2 N–H and O–H groups in total. The molecule has 0 aliphatic rings. The van der Waals surface area contributed by atoms with Gasteiger partial charge in [0.15, 0.2) is 0 Å². The highest BCUT2D eigenvalue weighted by Gasteiger charge is 2.18. The highest BCUT2D eigenvalue weighted by Crippen LogP contribution is 2.12. The van der Waals surface area contributed by atoms with Gasteiger partial charge in [-0.2, -0.15) is 0 Å². The quantitative estimate of drug-likeness (QED) is 0.718. The molecule has 130 valence electrons. The van der Waals surface area contributed by atoms with Crippen LogP contribution < -0.4 is 10.6 Å². The van der Waals surface area contributed by atoms with Gasteiger partial charge in [0, 0.05) is 18.9 Å². The first kappa shape index (κ1) is 17.3. The molecule has 6 heteroatoms. The number of nitrogens with zero attached hydrogens (tertiary/aromatic N) is 2. The number of aromatic nitrogens is 2. The molecule has 1 atom stereocenters. The summed E-state index contributed by atoms with van der Waals surface area (Å²) in [7, 11) is 0. The molecule has 2 heterocycles. The summed E-state index contributed by atoms with van der Waals surface area (Å²) in [6, 6.07) is 19.4. The minimum absolute atomic E-state index is 0.234. The van der Waals surface area contributed by atoms with Crippen LogP contribution in [0.25, 0.3) is 0 Å². The number of rotatable bonds is 6. The topological polar surface area (TPSA) is 84.0 Å². The van der Waals surface area contributed by atoms with Gasteiger partial charge in [-0.05, 0) is 29.8 Å². The summed E-state index contributed by atoms with van der Waals surface area (Å²) in [5.41, 5.74) is 1.54. The fourth-order valence-corrected chi connectivity index (χ4v) is 2.45. The number of hydrogen-bond donors (Lipinski definition) is 2. The standard InChI is InChI=1S/C20H18N4O2/c25-19(16-10-4-6-12-21-16)23-14-18(15-8-2-1-3-9-15)24-20(26)17-11-5-7-13-22-17/h1-13,18H,14H2,(H,23,25)(H,24,26). The van der Waals surface area contributed by atoms with Crippen molar-refractivity contribution in [1.29, 1.82) is 0 Å². The van der Waals surface area contributed by atoms with Crippen LogP contribution in [0.1, 0.15) is 32.6 Å². The third-order valence-electron chi connectivity index (χ3n) is 3.77. The van der Waals surface area contributed by atoms with E-state index in [-0.39, 0.29) is 18.4 Å². The van der Waals surface area contributed by atoms with E-state index in [0.29, 0.717) is 11.4 Å². The zero-order valence-corrected chi connectivity index (χ0v) is 14.0. The predicted molar refractivity (Wildman–Crippen MR) is 97.5 cm³/mol. The second kappa shape index (κ2) is 8.53. The molecular formula is C20H18N4O2. The van der Waals surface area contributed by atoms with Crippen LogP contribution in [0.2, 0.25) is 0 Å². The molecule has 6 nitrogen and oxygen atoms in total. The second-order valence-electron chi connectivity index (χ2n) is 5.58. The van der Waals surface area contributed by atoms with E-state index in [0.717, 1.165) is 5.56 Å². The zero-order chi connectivity index (χ0) is 18.2. The van der Waals surface area contributed by atoms with Crippen molar-refractivity contribution < 1.29 is 9.59 Å². The van der Waals surface area contributed by atoms with Crippen LogP contribution in [0.15, 0.2) is 79.1 Å². The Labute approximate surface area is 151 Å². The van der Waals surface area contributed by atoms with Gasteiger partial charge in [-0.15, -0.1) is 0 Å². The van der Waals surface area contributed by atoms with Gasteiger partial charge >= 0.3 is 0 Å². The Hall–Kier alpha value is -3.54. The van der Waals surface area contributed by atoms with E-state index in [4.69, 9.17) is 0 Å². The van der Waals surface area contributed by atoms with Crippen molar-refractivity contribution in [2.45, 2.75) is 6.04 Å². The summed E-state index contributed by atoms with van der Waals surface area (Å²) in [4.78, 5) is 32.8. The van der Waals surface area contributed by atoms with Crippen LogP contribution in [0, 0.1) is 0 Å². The zero-order valence-electron chi connectivity index (χ0n) is 14.0. The van der Waals surface area contributed by atoms with Crippen molar-refractivity contribution in [3.63, 3.8) is 0 Å². The van der Waals surface area contributed by atoms with Gasteiger partial charge in [0.1, 0.15) is 11.4 Å². The molecule has 3 aromatic rings. The Morgan fingerprint density at radius 3 is 1.92 bits per heavy atom. The Balaban J connectivity index is 1.72. The largest absolute Gasteiger partial charge is 0.348 e. The molecule has 0 saturated carbocycles. The Morgan fingerprint density at radius 2 is 1.35 bits per heavy atom. The summed E-state index contributed by atoms with van der Waals surface area (Å²) < 4.78 is 0. The maximum Gasteiger partial charge on any atom is 0.270 e. The van der Waals surface area contributed by atoms with E-state index in [1.807, 2.05) is 30.3 Å². The van der Waals surface area contributed by atoms with E-state index in [2.05, 4.69) is 20.6 Å².